The Bertz CT molecular complexity index is 955. The molecule has 1 aliphatic heterocycles. The van der Waals surface area contributed by atoms with Gasteiger partial charge in [0.1, 0.15) is 5.82 Å². The minimum absolute atomic E-state index is 0.0786. The van der Waals surface area contributed by atoms with E-state index in [1.165, 1.54) is 5.56 Å². The Morgan fingerprint density at radius 2 is 2.15 bits per heavy atom. The fraction of sp³-hybridized carbons (Fsp3) is 0.333. The van der Waals surface area contributed by atoms with Gasteiger partial charge in [-0.05, 0) is 62.6 Å². The number of hydrogen-bond acceptors (Lipinski definition) is 3. The van der Waals surface area contributed by atoms with Crippen LogP contribution in [0.15, 0.2) is 42.5 Å². The smallest absolute Gasteiger partial charge is 0.251 e. The van der Waals surface area contributed by atoms with Gasteiger partial charge in [-0.1, -0.05) is 12.1 Å². The van der Waals surface area contributed by atoms with E-state index in [1.807, 2.05) is 31.2 Å². The normalized spacial score (nSPS) is 16.9. The number of hydrogen-bond donors (Lipinski definition) is 1. The molecule has 3 aromatic rings. The number of nitrogens with one attached hydrogen (secondary N) is 1. The highest BCUT2D eigenvalue weighted by Gasteiger charge is 2.17. The minimum atomic E-state index is -0.0786. The molecular formula is C21H23N3O2. The lowest BCUT2D eigenvalue weighted by Gasteiger charge is -2.11. The number of carbonyl (C=O) groups excluding carboxylic acids is 1. The lowest BCUT2D eigenvalue weighted by atomic mass is 10.1. The van der Waals surface area contributed by atoms with Crippen LogP contribution in [0.3, 0.4) is 0 Å². The molecule has 1 N–H and O–H groups in total. The van der Waals surface area contributed by atoms with Gasteiger partial charge in [0.25, 0.3) is 5.91 Å². The number of imidazole rings is 1. The van der Waals surface area contributed by atoms with Crippen molar-refractivity contribution in [2.75, 3.05) is 13.2 Å². The maximum absolute atomic E-state index is 12.5. The number of aryl methyl sites for hydroxylation is 2. The van der Waals surface area contributed by atoms with Gasteiger partial charge in [0.2, 0.25) is 0 Å². The van der Waals surface area contributed by atoms with E-state index in [4.69, 9.17) is 4.74 Å². The van der Waals surface area contributed by atoms with Crippen molar-refractivity contribution < 1.29 is 9.53 Å². The van der Waals surface area contributed by atoms with Crippen LogP contribution in [0.5, 0.6) is 0 Å². The molecule has 0 radical (unpaired) electrons. The molecule has 134 valence electrons. The fourth-order valence-corrected chi connectivity index (χ4v) is 3.55. The fourth-order valence-electron chi connectivity index (χ4n) is 3.55. The molecule has 1 amide bonds. The molecule has 1 atom stereocenters. The van der Waals surface area contributed by atoms with E-state index in [-0.39, 0.29) is 12.0 Å². The van der Waals surface area contributed by atoms with E-state index in [9.17, 15) is 4.79 Å². The van der Waals surface area contributed by atoms with Gasteiger partial charge in [-0.25, -0.2) is 4.98 Å². The van der Waals surface area contributed by atoms with E-state index in [2.05, 4.69) is 40.0 Å². The molecule has 0 unspecified atom stereocenters. The third-order valence-electron chi connectivity index (χ3n) is 4.86. The predicted octanol–water partition coefficient (Wildman–Crippen LogP) is 3.55. The number of nitrogens with zero attached hydrogens (tertiary/aromatic N) is 2. The Labute approximate surface area is 153 Å². The molecule has 26 heavy (non-hydrogen) atoms. The summed E-state index contributed by atoms with van der Waals surface area (Å²) in [6, 6.07) is 14.0. The predicted molar refractivity (Wildman–Crippen MR) is 102 cm³/mol. The van der Waals surface area contributed by atoms with Gasteiger partial charge in [-0.3, -0.25) is 9.36 Å². The van der Waals surface area contributed by atoms with Gasteiger partial charge in [0.05, 0.1) is 17.1 Å². The standard InChI is InChI=1S/C21H23N3O2/c1-14-5-3-6-17(11-14)24-15(2)23-19-12-16(8-9-20(19)24)21(25)22-13-18-7-4-10-26-18/h3,5-6,8-9,11-12,18H,4,7,10,13H2,1-2H3,(H,22,25)/t18-/m0/s1. The monoisotopic (exact) mass is 349 g/mol. The first-order valence-electron chi connectivity index (χ1n) is 9.08. The Morgan fingerprint density at radius 3 is 2.92 bits per heavy atom. The number of carbonyl (C=O) groups is 1. The zero-order chi connectivity index (χ0) is 18.1. The molecule has 0 saturated carbocycles. The van der Waals surface area contributed by atoms with Gasteiger partial charge >= 0.3 is 0 Å². The Hall–Kier alpha value is -2.66. The van der Waals surface area contributed by atoms with Crippen molar-refractivity contribution >= 4 is 16.9 Å². The number of rotatable bonds is 4. The molecule has 1 fully saturated rings. The maximum atomic E-state index is 12.5. The third kappa shape index (κ3) is 3.22. The van der Waals surface area contributed by atoms with Crippen LogP contribution in [0, 0.1) is 13.8 Å². The van der Waals surface area contributed by atoms with E-state index in [1.54, 1.807) is 0 Å². The van der Waals surface area contributed by atoms with Crippen LogP contribution in [0.4, 0.5) is 0 Å². The second kappa shape index (κ2) is 6.92. The van der Waals surface area contributed by atoms with Crippen LogP contribution in [0.2, 0.25) is 0 Å². The first-order chi connectivity index (χ1) is 12.6. The maximum Gasteiger partial charge on any atom is 0.251 e. The Morgan fingerprint density at radius 1 is 1.27 bits per heavy atom. The lowest BCUT2D eigenvalue weighted by molar-refractivity contribution is 0.0858. The van der Waals surface area contributed by atoms with Gasteiger partial charge < -0.3 is 10.1 Å². The summed E-state index contributed by atoms with van der Waals surface area (Å²) >= 11 is 0. The molecule has 0 aliphatic carbocycles. The quantitative estimate of drug-likeness (QED) is 0.784. The SMILES string of the molecule is Cc1cccc(-n2c(C)nc3cc(C(=O)NC[C@@H]4CCCO4)ccc32)c1. The molecule has 5 nitrogen and oxygen atoms in total. The molecule has 2 aromatic carbocycles. The molecule has 1 aliphatic rings. The zero-order valence-electron chi connectivity index (χ0n) is 15.2. The summed E-state index contributed by atoms with van der Waals surface area (Å²) in [5.74, 6) is 0.827. The molecule has 1 aromatic heterocycles. The Kier molecular flexibility index (Phi) is 4.47. The summed E-state index contributed by atoms with van der Waals surface area (Å²) in [6.07, 6.45) is 2.23. The zero-order valence-corrected chi connectivity index (χ0v) is 15.2. The van der Waals surface area contributed by atoms with Gasteiger partial charge in [0, 0.05) is 24.4 Å². The highest BCUT2D eigenvalue weighted by molar-refractivity contribution is 5.97. The topological polar surface area (TPSA) is 56.2 Å². The van der Waals surface area contributed by atoms with E-state index in [0.29, 0.717) is 12.1 Å². The average Bonchev–Trinajstić information content (AvgIpc) is 3.25. The van der Waals surface area contributed by atoms with Crippen molar-refractivity contribution in [2.45, 2.75) is 32.8 Å². The van der Waals surface area contributed by atoms with E-state index in [0.717, 1.165) is 42.0 Å². The summed E-state index contributed by atoms with van der Waals surface area (Å²) in [6.45, 7) is 5.42. The number of benzene rings is 2. The second-order valence-electron chi connectivity index (χ2n) is 6.88. The van der Waals surface area contributed by atoms with Gasteiger partial charge in [0.15, 0.2) is 0 Å². The highest BCUT2D eigenvalue weighted by Crippen LogP contribution is 2.23. The van der Waals surface area contributed by atoms with E-state index < -0.39 is 0 Å². The molecular weight excluding hydrogens is 326 g/mol. The van der Waals surface area contributed by atoms with Crippen molar-refractivity contribution in [3.8, 4) is 5.69 Å². The Balaban J connectivity index is 1.61. The molecule has 5 heteroatoms. The molecule has 0 bridgehead atoms. The van der Waals surface area contributed by atoms with Crippen molar-refractivity contribution in [1.29, 1.82) is 0 Å². The van der Waals surface area contributed by atoms with Crippen molar-refractivity contribution in [1.82, 2.24) is 14.9 Å². The van der Waals surface area contributed by atoms with Crippen LogP contribution in [-0.2, 0) is 4.74 Å². The number of fused-ring (bicyclic) bond motifs is 1. The van der Waals surface area contributed by atoms with Crippen molar-refractivity contribution in [3.63, 3.8) is 0 Å². The second-order valence-corrected chi connectivity index (χ2v) is 6.88. The van der Waals surface area contributed by atoms with Crippen LogP contribution in [0.25, 0.3) is 16.7 Å². The largest absolute Gasteiger partial charge is 0.376 e. The van der Waals surface area contributed by atoms with Crippen molar-refractivity contribution in [2.24, 2.45) is 0 Å². The summed E-state index contributed by atoms with van der Waals surface area (Å²) in [7, 11) is 0. The van der Waals surface area contributed by atoms with E-state index >= 15 is 0 Å². The van der Waals surface area contributed by atoms with Gasteiger partial charge in [-0.2, -0.15) is 0 Å². The number of amides is 1. The molecule has 4 rings (SSSR count). The third-order valence-corrected chi connectivity index (χ3v) is 4.86. The lowest BCUT2D eigenvalue weighted by Crippen LogP contribution is -2.31. The summed E-state index contributed by atoms with van der Waals surface area (Å²) in [4.78, 5) is 17.1. The van der Waals surface area contributed by atoms with Crippen LogP contribution < -0.4 is 5.32 Å². The highest BCUT2D eigenvalue weighted by atomic mass is 16.5. The first kappa shape index (κ1) is 16.8. The average molecular weight is 349 g/mol. The molecule has 1 saturated heterocycles. The van der Waals surface area contributed by atoms with Crippen LogP contribution in [-0.4, -0.2) is 34.7 Å². The van der Waals surface area contributed by atoms with Crippen LogP contribution >= 0.6 is 0 Å². The minimum Gasteiger partial charge on any atom is -0.376 e. The number of ether oxygens (including phenoxy) is 1. The van der Waals surface area contributed by atoms with Gasteiger partial charge in [-0.15, -0.1) is 0 Å². The van der Waals surface area contributed by atoms with Crippen molar-refractivity contribution in [3.05, 3.63) is 59.4 Å². The molecule has 0 spiro atoms. The molecule has 2 heterocycles. The van der Waals surface area contributed by atoms with Crippen LogP contribution in [0.1, 0.15) is 34.6 Å². The first-order valence-corrected chi connectivity index (χ1v) is 9.08. The summed E-state index contributed by atoms with van der Waals surface area (Å²) in [5, 5.41) is 2.97. The number of aromatic nitrogens is 2. The summed E-state index contributed by atoms with van der Waals surface area (Å²) in [5.41, 5.74) is 4.75. The summed E-state index contributed by atoms with van der Waals surface area (Å²) < 4.78 is 7.68.